The SMILES string of the molecule is Nc1ccc(Cl)cc1S(=O)(=O)NCC1CCCC1CO. The summed E-state index contributed by atoms with van der Waals surface area (Å²) in [5, 5.41) is 9.58. The van der Waals surface area contributed by atoms with Gasteiger partial charge in [-0.05, 0) is 42.9 Å². The van der Waals surface area contributed by atoms with Crippen LogP contribution in [0.4, 0.5) is 5.69 Å². The second kappa shape index (κ2) is 6.30. The number of hydrogen-bond acceptors (Lipinski definition) is 4. The van der Waals surface area contributed by atoms with Crippen molar-refractivity contribution in [2.24, 2.45) is 11.8 Å². The molecule has 0 heterocycles. The summed E-state index contributed by atoms with van der Waals surface area (Å²) in [4.78, 5) is 0.00328. The van der Waals surface area contributed by atoms with Crippen LogP contribution in [-0.2, 0) is 10.0 Å². The average molecular weight is 319 g/mol. The van der Waals surface area contributed by atoms with E-state index in [-0.39, 0.29) is 29.0 Å². The third-order valence-corrected chi connectivity index (χ3v) is 5.57. The monoisotopic (exact) mass is 318 g/mol. The van der Waals surface area contributed by atoms with E-state index in [1.807, 2.05) is 0 Å². The fourth-order valence-corrected chi connectivity index (χ4v) is 4.14. The highest BCUT2D eigenvalue weighted by atomic mass is 35.5. The Morgan fingerprint density at radius 3 is 2.75 bits per heavy atom. The van der Waals surface area contributed by atoms with Crippen molar-refractivity contribution in [2.75, 3.05) is 18.9 Å². The molecule has 4 N–H and O–H groups in total. The molecule has 0 radical (unpaired) electrons. The van der Waals surface area contributed by atoms with Crippen LogP contribution in [0.5, 0.6) is 0 Å². The molecule has 0 spiro atoms. The van der Waals surface area contributed by atoms with E-state index in [2.05, 4.69) is 4.72 Å². The minimum atomic E-state index is -3.67. The first-order chi connectivity index (χ1) is 9.44. The molecule has 0 amide bonds. The number of halogens is 1. The average Bonchev–Trinajstić information content (AvgIpc) is 2.86. The van der Waals surface area contributed by atoms with E-state index >= 15 is 0 Å². The summed E-state index contributed by atoms with van der Waals surface area (Å²) < 4.78 is 27.1. The van der Waals surface area contributed by atoms with Crippen LogP contribution in [0.15, 0.2) is 23.1 Å². The van der Waals surface area contributed by atoms with Gasteiger partial charge in [0.2, 0.25) is 10.0 Å². The normalized spacial score (nSPS) is 23.1. The van der Waals surface area contributed by atoms with Gasteiger partial charge in [0, 0.05) is 18.2 Å². The lowest BCUT2D eigenvalue weighted by molar-refractivity contribution is 0.195. The molecule has 7 heteroatoms. The Kier molecular flexibility index (Phi) is 4.90. The van der Waals surface area contributed by atoms with E-state index in [1.165, 1.54) is 12.1 Å². The number of benzene rings is 1. The minimum absolute atomic E-state index is 0.00328. The van der Waals surface area contributed by atoms with Crippen molar-refractivity contribution < 1.29 is 13.5 Å². The minimum Gasteiger partial charge on any atom is -0.398 e. The van der Waals surface area contributed by atoms with E-state index in [0.717, 1.165) is 19.3 Å². The van der Waals surface area contributed by atoms with Gasteiger partial charge in [-0.3, -0.25) is 0 Å². The third kappa shape index (κ3) is 3.44. The van der Waals surface area contributed by atoms with E-state index in [0.29, 0.717) is 11.6 Å². The molecular formula is C13H19ClN2O3S. The number of nitrogen functional groups attached to an aromatic ring is 1. The Bertz CT molecular complexity index is 577. The highest BCUT2D eigenvalue weighted by Gasteiger charge is 2.28. The summed E-state index contributed by atoms with van der Waals surface area (Å²) in [5.41, 5.74) is 5.87. The number of rotatable bonds is 5. The Labute approximate surface area is 124 Å². The maximum atomic E-state index is 12.2. The summed E-state index contributed by atoms with van der Waals surface area (Å²) in [6.07, 6.45) is 2.90. The van der Waals surface area contributed by atoms with Gasteiger partial charge < -0.3 is 10.8 Å². The molecule has 2 atom stereocenters. The van der Waals surface area contributed by atoms with E-state index in [1.54, 1.807) is 6.07 Å². The maximum Gasteiger partial charge on any atom is 0.242 e. The number of aliphatic hydroxyl groups excluding tert-OH is 1. The van der Waals surface area contributed by atoms with Crippen LogP contribution in [0, 0.1) is 11.8 Å². The molecule has 112 valence electrons. The predicted octanol–water partition coefficient (Wildman–Crippen LogP) is 1.61. The highest BCUT2D eigenvalue weighted by molar-refractivity contribution is 7.89. The van der Waals surface area contributed by atoms with Crippen LogP contribution >= 0.6 is 11.6 Å². The van der Waals surface area contributed by atoms with Crippen LogP contribution in [0.3, 0.4) is 0 Å². The molecule has 1 saturated carbocycles. The van der Waals surface area contributed by atoms with E-state index < -0.39 is 10.0 Å². The van der Waals surface area contributed by atoms with Gasteiger partial charge in [-0.15, -0.1) is 0 Å². The first kappa shape index (κ1) is 15.6. The summed E-state index contributed by atoms with van der Waals surface area (Å²) in [6.45, 7) is 0.422. The lowest BCUT2D eigenvalue weighted by Crippen LogP contribution is -2.32. The topological polar surface area (TPSA) is 92.4 Å². The smallest absolute Gasteiger partial charge is 0.242 e. The number of anilines is 1. The number of nitrogens with two attached hydrogens (primary N) is 1. The number of hydrogen-bond donors (Lipinski definition) is 3. The fraction of sp³-hybridized carbons (Fsp3) is 0.538. The van der Waals surface area contributed by atoms with Crippen LogP contribution < -0.4 is 10.5 Å². The van der Waals surface area contributed by atoms with Crippen LogP contribution in [0.1, 0.15) is 19.3 Å². The summed E-state index contributed by atoms with van der Waals surface area (Å²) in [6, 6.07) is 4.37. The molecule has 20 heavy (non-hydrogen) atoms. The van der Waals surface area contributed by atoms with Gasteiger partial charge in [0.1, 0.15) is 4.90 Å². The maximum absolute atomic E-state index is 12.2. The van der Waals surface area contributed by atoms with Gasteiger partial charge in [-0.1, -0.05) is 18.0 Å². The molecular weight excluding hydrogens is 300 g/mol. The van der Waals surface area contributed by atoms with Crippen molar-refractivity contribution in [1.82, 2.24) is 4.72 Å². The molecule has 0 aliphatic heterocycles. The fourth-order valence-electron chi connectivity index (χ4n) is 2.66. The number of sulfonamides is 1. The molecule has 0 saturated heterocycles. The van der Waals surface area contributed by atoms with Crippen molar-refractivity contribution in [3.05, 3.63) is 23.2 Å². The molecule has 1 aliphatic rings. The summed E-state index contributed by atoms with van der Waals surface area (Å²) in [7, 11) is -3.67. The van der Waals surface area contributed by atoms with Crippen molar-refractivity contribution in [3.63, 3.8) is 0 Å². The van der Waals surface area contributed by atoms with Crippen molar-refractivity contribution in [2.45, 2.75) is 24.2 Å². The molecule has 1 aromatic carbocycles. The van der Waals surface area contributed by atoms with E-state index in [9.17, 15) is 13.5 Å². The van der Waals surface area contributed by atoms with Gasteiger partial charge in [0.05, 0.1) is 5.69 Å². The first-order valence-corrected chi connectivity index (χ1v) is 8.45. The molecule has 0 aromatic heterocycles. The van der Waals surface area contributed by atoms with E-state index in [4.69, 9.17) is 17.3 Å². The zero-order chi connectivity index (χ0) is 14.8. The Hall–Kier alpha value is -0.820. The number of nitrogens with one attached hydrogen (secondary N) is 1. The summed E-state index contributed by atoms with van der Waals surface area (Å²) >= 11 is 5.81. The molecule has 1 fully saturated rings. The third-order valence-electron chi connectivity index (χ3n) is 3.85. The lowest BCUT2D eigenvalue weighted by atomic mass is 9.97. The molecule has 0 bridgehead atoms. The van der Waals surface area contributed by atoms with Gasteiger partial charge in [-0.2, -0.15) is 0 Å². The molecule has 1 aliphatic carbocycles. The van der Waals surface area contributed by atoms with Crippen molar-refractivity contribution in [3.8, 4) is 0 Å². The largest absolute Gasteiger partial charge is 0.398 e. The highest BCUT2D eigenvalue weighted by Crippen LogP contribution is 2.31. The molecule has 5 nitrogen and oxygen atoms in total. The summed E-state index contributed by atoms with van der Waals surface area (Å²) in [5.74, 6) is 0.351. The molecule has 2 rings (SSSR count). The van der Waals surface area contributed by atoms with Crippen LogP contribution in [0.2, 0.25) is 5.02 Å². The standard InChI is InChI=1S/C13H19ClN2O3S/c14-11-4-5-12(15)13(6-11)20(18,19)16-7-9-2-1-3-10(9)8-17/h4-6,9-10,16-17H,1-3,7-8,15H2. The molecule has 2 unspecified atom stereocenters. The van der Waals surface area contributed by atoms with Gasteiger partial charge >= 0.3 is 0 Å². The van der Waals surface area contributed by atoms with Gasteiger partial charge in [0.25, 0.3) is 0 Å². The van der Waals surface area contributed by atoms with Crippen molar-refractivity contribution in [1.29, 1.82) is 0 Å². The molecule has 1 aromatic rings. The second-order valence-corrected chi connectivity index (χ2v) is 7.34. The second-order valence-electron chi connectivity index (χ2n) is 5.17. The van der Waals surface area contributed by atoms with Gasteiger partial charge in [0.15, 0.2) is 0 Å². The van der Waals surface area contributed by atoms with Crippen LogP contribution in [0.25, 0.3) is 0 Å². The lowest BCUT2D eigenvalue weighted by Gasteiger charge is -2.18. The van der Waals surface area contributed by atoms with Crippen molar-refractivity contribution >= 4 is 27.3 Å². The van der Waals surface area contributed by atoms with Gasteiger partial charge in [-0.25, -0.2) is 13.1 Å². The zero-order valence-corrected chi connectivity index (χ0v) is 12.6. The zero-order valence-electron chi connectivity index (χ0n) is 11.0. The Morgan fingerprint density at radius 2 is 2.05 bits per heavy atom. The number of aliphatic hydroxyl groups is 1. The Morgan fingerprint density at radius 1 is 1.35 bits per heavy atom. The predicted molar refractivity (Wildman–Crippen MR) is 79.0 cm³/mol. The Balaban J connectivity index is 2.09. The quantitative estimate of drug-likeness (QED) is 0.719. The first-order valence-electron chi connectivity index (χ1n) is 6.59. The van der Waals surface area contributed by atoms with Crippen LogP contribution in [-0.4, -0.2) is 26.7 Å².